The monoisotopic (exact) mass is 622 g/mol. The number of allylic oxidation sites excluding steroid dienone is 1. The summed E-state index contributed by atoms with van der Waals surface area (Å²) in [6.07, 6.45) is -3.25. The van der Waals surface area contributed by atoms with Crippen molar-refractivity contribution in [3.05, 3.63) is 65.3 Å². The van der Waals surface area contributed by atoms with Gasteiger partial charge in [0.2, 0.25) is 0 Å². The van der Waals surface area contributed by atoms with E-state index in [-0.39, 0.29) is 18.6 Å². The molecule has 2 fully saturated rings. The minimum absolute atomic E-state index is 0.00841. The van der Waals surface area contributed by atoms with E-state index in [0.717, 1.165) is 5.56 Å². The Balaban J connectivity index is 1.90. The molecule has 2 bridgehead atoms. The first-order valence-electron chi connectivity index (χ1n) is 15.1. The van der Waals surface area contributed by atoms with E-state index in [9.17, 15) is 29.1 Å². The van der Waals surface area contributed by atoms with E-state index in [4.69, 9.17) is 18.9 Å². The maximum atomic E-state index is 13.5. The highest BCUT2D eigenvalue weighted by Gasteiger charge is 2.66. The summed E-state index contributed by atoms with van der Waals surface area (Å²) >= 11 is 0. The molecule has 1 aromatic carbocycles. The molecule has 10 heteroatoms. The molecule has 45 heavy (non-hydrogen) atoms. The average molecular weight is 623 g/mol. The van der Waals surface area contributed by atoms with E-state index < -0.39 is 77.1 Å². The Morgan fingerprint density at radius 2 is 1.53 bits per heavy atom. The third kappa shape index (κ3) is 6.38. The summed E-state index contributed by atoms with van der Waals surface area (Å²) in [5.41, 5.74) is -0.546. The first kappa shape index (κ1) is 33.8. The van der Waals surface area contributed by atoms with Gasteiger partial charge in [-0.1, -0.05) is 57.7 Å². The summed E-state index contributed by atoms with van der Waals surface area (Å²) in [6.45, 7) is 15.0. The van der Waals surface area contributed by atoms with Crippen LogP contribution in [-0.2, 0) is 42.9 Å². The predicted molar refractivity (Wildman–Crippen MR) is 163 cm³/mol. The molecular weight excluding hydrogens is 580 g/mol. The van der Waals surface area contributed by atoms with Gasteiger partial charge in [-0.05, 0) is 40.7 Å². The van der Waals surface area contributed by atoms with Gasteiger partial charge in [-0.25, -0.2) is 4.79 Å². The number of ketones is 1. The molecule has 2 saturated carbocycles. The van der Waals surface area contributed by atoms with Crippen LogP contribution in [0.4, 0.5) is 0 Å². The van der Waals surface area contributed by atoms with Gasteiger partial charge in [-0.2, -0.15) is 0 Å². The number of rotatable bonds is 6. The average Bonchev–Trinajstić information content (AvgIpc) is 2.94. The molecule has 4 rings (SSSR count). The number of esters is 4. The highest BCUT2D eigenvalue weighted by atomic mass is 16.6. The van der Waals surface area contributed by atoms with Gasteiger partial charge in [0.1, 0.15) is 24.4 Å². The largest absolute Gasteiger partial charge is 0.462 e. The molecule has 1 N–H and O–H groups in total. The number of aliphatic hydroxyl groups is 1. The Hall–Kier alpha value is -4.05. The van der Waals surface area contributed by atoms with Crippen LogP contribution in [0, 0.1) is 22.7 Å². The second-order valence-electron chi connectivity index (χ2n) is 13.0. The van der Waals surface area contributed by atoms with Crippen molar-refractivity contribution >= 4 is 35.7 Å². The van der Waals surface area contributed by atoms with Crippen LogP contribution >= 0.6 is 0 Å². The maximum absolute atomic E-state index is 13.5. The van der Waals surface area contributed by atoms with E-state index in [1.807, 2.05) is 44.2 Å². The number of Topliss-reactive ketones (excluding diaryl/α,β-unsaturated/α-hetero) is 1. The minimum atomic E-state index is -1.56. The molecule has 242 valence electrons. The fourth-order valence-corrected chi connectivity index (χ4v) is 7.65. The smallest absolute Gasteiger partial charge is 0.331 e. The van der Waals surface area contributed by atoms with E-state index in [2.05, 4.69) is 6.58 Å². The molecule has 3 aliphatic rings. The van der Waals surface area contributed by atoms with Crippen LogP contribution in [0.5, 0.6) is 0 Å². The lowest BCUT2D eigenvalue weighted by Gasteiger charge is -2.60. The summed E-state index contributed by atoms with van der Waals surface area (Å²) in [5, 5.41) is 12.3. The fourth-order valence-electron chi connectivity index (χ4n) is 7.65. The molecule has 0 saturated heterocycles. The van der Waals surface area contributed by atoms with Crippen LogP contribution in [-0.4, -0.2) is 65.3 Å². The number of aliphatic hydroxyl groups excluding tert-OH is 1. The van der Waals surface area contributed by atoms with Gasteiger partial charge in [0.15, 0.2) is 11.9 Å². The fraction of sp³-hybridized carbons (Fsp3) is 0.514. The van der Waals surface area contributed by atoms with Crippen molar-refractivity contribution in [3.8, 4) is 0 Å². The second kappa shape index (κ2) is 12.7. The Morgan fingerprint density at radius 1 is 0.933 bits per heavy atom. The Morgan fingerprint density at radius 3 is 2.11 bits per heavy atom. The molecule has 8 atom stereocenters. The van der Waals surface area contributed by atoms with Crippen molar-refractivity contribution in [3.63, 3.8) is 0 Å². The van der Waals surface area contributed by atoms with E-state index in [1.165, 1.54) is 26.8 Å². The Bertz CT molecular complexity index is 1450. The summed E-state index contributed by atoms with van der Waals surface area (Å²) in [5.74, 6) is -4.56. The van der Waals surface area contributed by atoms with E-state index >= 15 is 0 Å². The molecule has 0 aromatic heterocycles. The topological polar surface area (TPSA) is 142 Å². The van der Waals surface area contributed by atoms with Crippen LogP contribution in [0.1, 0.15) is 66.9 Å². The van der Waals surface area contributed by atoms with Crippen LogP contribution < -0.4 is 0 Å². The molecule has 1 aromatic rings. The Kier molecular flexibility index (Phi) is 9.59. The summed E-state index contributed by atoms with van der Waals surface area (Å²) in [7, 11) is 0. The van der Waals surface area contributed by atoms with Crippen LogP contribution in [0.25, 0.3) is 6.08 Å². The second-order valence-corrected chi connectivity index (χ2v) is 13.0. The van der Waals surface area contributed by atoms with Gasteiger partial charge in [-0.3, -0.25) is 19.2 Å². The lowest BCUT2D eigenvalue weighted by molar-refractivity contribution is -0.220. The van der Waals surface area contributed by atoms with Crippen molar-refractivity contribution in [2.75, 3.05) is 0 Å². The molecular formula is C35H42O10. The van der Waals surface area contributed by atoms with Crippen molar-refractivity contribution in [2.24, 2.45) is 22.7 Å². The van der Waals surface area contributed by atoms with Crippen molar-refractivity contribution < 1.29 is 48.0 Å². The number of benzene rings is 1. The molecule has 0 spiro atoms. The van der Waals surface area contributed by atoms with E-state index in [1.54, 1.807) is 19.9 Å². The number of hydrogen-bond donors (Lipinski definition) is 1. The third-order valence-corrected chi connectivity index (χ3v) is 9.76. The molecule has 10 nitrogen and oxygen atoms in total. The lowest BCUT2D eigenvalue weighted by Crippen LogP contribution is -2.67. The highest BCUT2D eigenvalue weighted by Crippen LogP contribution is 2.60. The highest BCUT2D eigenvalue weighted by molar-refractivity contribution is 5.97. The zero-order valence-electron chi connectivity index (χ0n) is 26.8. The van der Waals surface area contributed by atoms with Crippen LogP contribution in [0.15, 0.2) is 59.7 Å². The number of carbonyl (C=O) groups is 5. The molecule has 3 aliphatic carbocycles. The van der Waals surface area contributed by atoms with Crippen molar-refractivity contribution in [2.45, 2.75) is 91.8 Å². The molecule has 0 aliphatic heterocycles. The quantitative estimate of drug-likeness (QED) is 0.211. The van der Waals surface area contributed by atoms with E-state index in [0.29, 0.717) is 16.7 Å². The van der Waals surface area contributed by atoms with Crippen LogP contribution in [0.3, 0.4) is 0 Å². The first-order chi connectivity index (χ1) is 21.0. The van der Waals surface area contributed by atoms with Crippen LogP contribution in [0.2, 0.25) is 0 Å². The summed E-state index contributed by atoms with van der Waals surface area (Å²) < 4.78 is 23.5. The maximum Gasteiger partial charge on any atom is 0.331 e. The van der Waals surface area contributed by atoms with Crippen molar-refractivity contribution in [1.29, 1.82) is 0 Å². The minimum Gasteiger partial charge on any atom is -0.462 e. The van der Waals surface area contributed by atoms with Crippen molar-refractivity contribution in [1.82, 2.24) is 0 Å². The number of ether oxygens (including phenoxy) is 4. The SMILES string of the molecule is C=C1C(OC(=O)C=Cc2ccccc2)CC(OC(C)=O)C2(C)C(O)C(OC(C)=O)C3=C(C)C(=O)CC(C(OC(C)=O)C12)C3(C)C. The van der Waals surface area contributed by atoms with Gasteiger partial charge in [0.05, 0.1) is 0 Å². The summed E-state index contributed by atoms with van der Waals surface area (Å²) in [6, 6.07) is 9.15. The molecule has 0 radical (unpaired) electrons. The van der Waals surface area contributed by atoms with Gasteiger partial charge < -0.3 is 24.1 Å². The zero-order valence-corrected chi connectivity index (χ0v) is 26.8. The third-order valence-electron chi connectivity index (χ3n) is 9.76. The van der Waals surface area contributed by atoms with Gasteiger partial charge in [0, 0.05) is 56.9 Å². The van der Waals surface area contributed by atoms with Gasteiger partial charge in [0.25, 0.3) is 0 Å². The zero-order chi connectivity index (χ0) is 33.4. The Labute approximate surface area is 263 Å². The normalized spacial score (nSPS) is 32.6. The molecule has 8 unspecified atom stereocenters. The molecule has 0 heterocycles. The predicted octanol–water partition coefficient (Wildman–Crippen LogP) is 4.30. The van der Waals surface area contributed by atoms with Gasteiger partial charge >= 0.3 is 23.9 Å². The number of fused-ring (bicyclic) bond motifs is 3. The number of hydrogen-bond acceptors (Lipinski definition) is 10. The summed E-state index contributed by atoms with van der Waals surface area (Å²) in [4.78, 5) is 64.2. The molecule has 0 amide bonds. The first-order valence-corrected chi connectivity index (χ1v) is 15.1. The van der Waals surface area contributed by atoms with Gasteiger partial charge in [-0.15, -0.1) is 0 Å². The standard InChI is InChI=1S/C35H42O10/c1-18-25(39)16-24-31(43-21(4)37)30-19(2)26(45-28(40)15-14-23-12-10-9-11-13-23)17-27(42-20(3)36)35(30,8)33(41)32(44-22(5)38)29(18)34(24,6)7/h9-15,24,26-27,30-33,41H,2,16-17H2,1,3-8H3. The lowest BCUT2D eigenvalue weighted by atomic mass is 9.48. The number of carbonyl (C=O) groups excluding carboxylic acids is 5.